The fourth-order valence-corrected chi connectivity index (χ4v) is 5.23. The van der Waals surface area contributed by atoms with Gasteiger partial charge in [-0.2, -0.15) is 5.01 Å². The lowest BCUT2D eigenvalue weighted by molar-refractivity contribution is -0.139. The van der Waals surface area contributed by atoms with Crippen LogP contribution in [0.3, 0.4) is 0 Å². The molecule has 0 bridgehead atoms. The quantitative estimate of drug-likeness (QED) is 0.769. The average Bonchev–Trinajstić information content (AvgIpc) is 3.21. The number of amidine groups is 1. The normalized spacial score (nSPS) is 19.4. The Hall–Kier alpha value is -3.33. The molecule has 8 nitrogen and oxygen atoms in total. The molecule has 1 spiro atoms. The number of carbonyl (C=O) groups excluding carboxylic acids is 3. The van der Waals surface area contributed by atoms with Gasteiger partial charge >= 0.3 is 0 Å². The molecule has 0 saturated carbocycles. The molecule has 32 heavy (non-hydrogen) atoms. The van der Waals surface area contributed by atoms with Crippen molar-refractivity contribution >= 4 is 40.3 Å². The molecule has 1 N–H and O–H groups in total. The average molecular weight is 453 g/mol. The number of rotatable bonds is 4. The molecule has 1 atom stereocenters. The van der Waals surface area contributed by atoms with Crippen LogP contribution in [-0.4, -0.2) is 34.0 Å². The van der Waals surface area contributed by atoms with Gasteiger partial charge in [0.25, 0.3) is 5.91 Å². The van der Waals surface area contributed by atoms with Crippen molar-refractivity contribution in [3.8, 4) is 5.75 Å². The largest absolute Gasteiger partial charge is 0.491 e. The number of nitrogens with one attached hydrogen (secondary N) is 1. The fourth-order valence-electron chi connectivity index (χ4n) is 3.90. The molecular weight excluding hydrogens is 428 g/mol. The highest BCUT2D eigenvalue weighted by atomic mass is 32.2. The van der Waals surface area contributed by atoms with Crippen LogP contribution >= 0.6 is 11.8 Å². The van der Waals surface area contributed by atoms with Crippen molar-refractivity contribution in [3.05, 3.63) is 59.7 Å². The van der Waals surface area contributed by atoms with E-state index in [2.05, 4.69) is 10.4 Å². The molecule has 9 heteroatoms. The number of ether oxygens (including phenoxy) is 1. The lowest BCUT2D eigenvalue weighted by atomic mass is 10.1. The summed E-state index contributed by atoms with van der Waals surface area (Å²) in [7, 11) is 0. The van der Waals surface area contributed by atoms with E-state index in [1.807, 2.05) is 62.4 Å². The summed E-state index contributed by atoms with van der Waals surface area (Å²) in [5, 5.41) is 8.26. The predicted molar refractivity (Wildman–Crippen MR) is 123 cm³/mol. The van der Waals surface area contributed by atoms with Crippen molar-refractivity contribution in [2.45, 2.75) is 45.2 Å². The number of thioether (sulfide) groups is 1. The number of carbonyl (C=O) groups is 3. The van der Waals surface area contributed by atoms with Gasteiger partial charge in [0.15, 0.2) is 5.17 Å². The Morgan fingerprint density at radius 2 is 1.81 bits per heavy atom. The second-order valence-corrected chi connectivity index (χ2v) is 9.03. The van der Waals surface area contributed by atoms with Crippen LogP contribution in [0.25, 0.3) is 0 Å². The maximum absolute atomic E-state index is 14.0. The minimum Gasteiger partial charge on any atom is -0.491 e. The smallest absolute Gasteiger partial charge is 0.271 e. The summed E-state index contributed by atoms with van der Waals surface area (Å²) in [4.78, 5) is 38.3. The number of nitrogens with zero attached hydrogens (tertiary/aromatic N) is 3. The van der Waals surface area contributed by atoms with E-state index in [1.165, 1.54) is 18.9 Å². The second-order valence-electron chi connectivity index (χ2n) is 7.85. The molecule has 4 rings (SSSR count). The van der Waals surface area contributed by atoms with Gasteiger partial charge in [0, 0.05) is 25.0 Å². The number of hydrogen-bond acceptors (Lipinski definition) is 6. The predicted octanol–water partition coefficient (Wildman–Crippen LogP) is 3.18. The van der Waals surface area contributed by atoms with E-state index in [9.17, 15) is 14.4 Å². The van der Waals surface area contributed by atoms with Crippen molar-refractivity contribution < 1.29 is 19.1 Å². The van der Waals surface area contributed by atoms with Crippen LogP contribution in [0.1, 0.15) is 38.8 Å². The number of hydrogen-bond donors (Lipinski definition) is 1. The summed E-state index contributed by atoms with van der Waals surface area (Å²) < 4.78 is 5.94. The monoisotopic (exact) mass is 452 g/mol. The van der Waals surface area contributed by atoms with Crippen LogP contribution in [0.15, 0.2) is 53.6 Å². The fraction of sp³-hybridized carbons (Fsp3) is 0.304. The zero-order chi connectivity index (χ0) is 23.0. The molecule has 2 aliphatic rings. The first-order chi connectivity index (χ1) is 15.2. The maximum atomic E-state index is 14.0. The molecule has 2 aliphatic heterocycles. The lowest BCUT2D eigenvalue weighted by Gasteiger charge is -2.29. The van der Waals surface area contributed by atoms with Gasteiger partial charge in [0.05, 0.1) is 18.3 Å². The molecular formula is C23H24N4O4S. The summed E-state index contributed by atoms with van der Waals surface area (Å²) in [6.07, 6.45) is -0.0173. The number of amides is 3. The van der Waals surface area contributed by atoms with E-state index < -0.39 is 10.8 Å². The van der Waals surface area contributed by atoms with Crippen molar-refractivity contribution in [2.75, 3.05) is 4.90 Å². The van der Waals surface area contributed by atoms with Gasteiger partial charge in [-0.15, -0.1) is 5.10 Å². The van der Waals surface area contributed by atoms with Gasteiger partial charge in [-0.05, 0) is 37.7 Å². The molecule has 3 amide bonds. The van der Waals surface area contributed by atoms with Gasteiger partial charge in [-0.25, -0.2) is 0 Å². The molecule has 0 aliphatic carbocycles. The minimum atomic E-state index is -1.41. The van der Waals surface area contributed by atoms with E-state index in [1.54, 1.807) is 4.90 Å². The Morgan fingerprint density at radius 1 is 1.12 bits per heavy atom. The zero-order valence-corrected chi connectivity index (χ0v) is 19.1. The van der Waals surface area contributed by atoms with E-state index in [0.717, 1.165) is 17.3 Å². The standard InChI is InChI=1S/C23H24N4O4S/c1-14(2)31-20-12-8-5-9-17(20)13-26-19-11-7-6-10-18(19)23(21(26)30)27(16(4)29)25-22(32-23)24-15(3)28/h5-12,14H,13H2,1-4H3,(H,24,25,28)/t23-/m0/s1. The van der Waals surface area contributed by atoms with E-state index in [4.69, 9.17) is 4.74 Å². The highest BCUT2D eigenvalue weighted by molar-refractivity contribution is 8.15. The van der Waals surface area contributed by atoms with Crippen LogP contribution in [0, 0.1) is 0 Å². The van der Waals surface area contributed by atoms with Crippen LogP contribution in [0.5, 0.6) is 5.75 Å². The zero-order valence-electron chi connectivity index (χ0n) is 18.3. The number of hydrazone groups is 1. The summed E-state index contributed by atoms with van der Waals surface area (Å²) in [6.45, 7) is 6.87. The Morgan fingerprint density at radius 3 is 2.50 bits per heavy atom. The number of anilines is 1. The first kappa shape index (κ1) is 21.9. The van der Waals surface area contributed by atoms with Gasteiger partial charge in [0.1, 0.15) is 5.75 Å². The van der Waals surface area contributed by atoms with Gasteiger partial charge in [-0.3, -0.25) is 14.4 Å². The number of benzene rings is 2. The third-order valence-corrected chi connectivity index (χ3v) is 6.31. The Labute approximate surface area is 190 Å². The molecule has 0 fully saturated rings. The summed E-state index contributed by atoms with van der Waals surface area (Å²) in [5.74, 6) is -0.327. The van der Waals surface area contributed by atoms with Gasteiger partial charge in [0.2, 0.25) is 16.7 Å². The molecule has 0 aromatic heterocycles. The van der Waals surface area contributed by atoms with Gasteiger partial charge in [-0.1, -0.05) is 36.4 Å². The molecule has 2 aromatic rings. The Bertz CT molecular complexity index is 1130. The van der Waals surface area contributed by atoms with Crippen LogP contribution in [0.2, 0.25) is 0 Å². The van der Waals surface area contributed by atoms with E-state index in [-0.39, 0.29) is 29.6 Å². The molecule has 0 saturated heterocycles. The van der Waals surface area contributed by atoms with Crippen molar-refractivity contribution in [1.82, 2.24) is 10.3 Å². The van der Waals surface area contributed by atoms with Crippen molar-refractivity contribution in [3.63, 3.8) is 0 Å². The first-order valence-electron chi connectivity index (χ1n) is 10.3. The van der Waals surface area contributed by atoms with E-state index in [0.29, 0.717) is 17.0 Å². The highest BCUT2D eigenvalue weighted by Crippen LogP contribution is 2.54. The molecule has 0 radical (unpaired) electrons. The lowest BCUT2D eigenvalue weighted by Crippen LogP contribution is -2.48. The molecule has 2 heterocycles. The van der Waals surface area contributed by atoms with Gasteiger partial charge < -0.3 is 15.0 Å². The number of fused-ring (bicyclic) bond motifs is 2. The third kappa shape index (κ3) is 3.62. The summed E-state index contributed by atoms with van der Waals surface area (Å²) in [5.41, 5.74) is 2.19. The maximum Gasteiger partial charge on any atom is 0.271 e. The Balaban J connectivity index is 1.77. The Kier molecular flexibility index (Phi) is 5.68. The van der Waals surface area contributed by atoms with Crippen molar-refractivity contribution in [1.29, 1.82) is 0 Å². The summed E-state index contributed by atoms with van der Waals surface area (Å²) >= 11 is 1.07. The van der Waals surface area contributed by atoms with Crippen molar-refractivity contribution in [2.24, 2.45) is 5.10 Å². The van der Waals surface area contributed by atoms with Crippen LogP contribution < -0.4 is 15.0 Å². The molecule has 0 unspecified atom stereocenters. The third-order valence-electron chi connectivity index (χ3n) is 5.07. The summed E-state index contributed by atoms with van der Waals surface area (Å²) in [6, 6.07) is 14.9. The minimum absolute atomic E-state index is 0.0173. The molecule has 2 aromatic carbocycles. The second kappa shape index (κ2) is 8.31. The topological polar surface area (TPSA) is 91.3 Å². The molecule has 166 valence electrons. The first-order valence-corrected chi connectivity index (χ1v) is 11.1. The number of para-hydroxylation sites is 2. The SMILES string of the molecule is CC(=O)NC1=NN(C(C)=O)[C@@]2(S1)C(=O)N(Cc1ccccc1OC(C)C)c1ccccc12. The highest BCUT2D eigenvalue weighted by Gasteiger charge is 2.61. The van der Waals surface area contributed by atoms with Crippen LogP contribution in [-0.2, 0) is 25.8 Å². The van der Waals surface area contributed by atoms with E-state index >= 15 is 0 Å². The van der Waals surface area contributed by atoms with Crippen LogP contribution in [0.4, 0.5) is 5.69 Å².